The van der Waals surface area contributed by atoms with Crippen LogP contribution in [0.4, 0.5) is 5.69 Å². The SMILES string of the molecule is CNc1cccc2ccc3cc4ccccc4nc3c12. The molecule has 1 heterocycles. The molecule has 4 rings (SSSR count). The third-order valence-electron chi connectivity index (χ3n) is 3.80. The van der Waals surface area contributed by atoms with Gasteiger partial charge in [0.25, 0.3) is 0 Å². The van der Waals surface area contributed by atoms with Crippen LogP contribution in [-0.2, 0) is 0 Å². The van der Waals surface area contributed by atoms with Crippen LogP contribution in [0.3, 0.4) is 0 Å². The monoisotopic (exact) mass is 258 g/mol. The lowest BCUT2D eigenvalue weighted by molar-refractivity contribution is 1.50. The van der Waals surface area contributed by atoms with Crippen molar-refractivity contribution in [3.63, 3.8) is 0 Å². The zero-order chi connectivity index (χ0) is 13.5. The number of hydrogen-bond donors (Lipinski definition) is 1. The number of rotatable bonds is 1. The highest BCUT2D eigenvalue weighted by Crippen LogP contribution is 2.31. The average molecular weight is 258 g/mol. The molecule has 1 N–H and O–H groups in total. The molecule has 3 aromatic carbocycles. The van der Waals surface area contributed by atoms with Gasteiger partial charge in [0, 0.05) is 28.9 Å². The lowest BCUT2D eigenvalue weighted by Gasteiger charge is -2.09. The second-order valence-corrected chi connectivity index (χ2v) is 4.97. The Kier molecular flexibility index (Phi) is 2.36. The first-order chi connectivity index (χ1) is 9.86. The molecule has 20 heavy (non-hydrogen) atoms. The van der Waals surface area contributed by atoms with E-state index in [-0.39, 0.29) is 0 Å². The Hall–Kier alpha value is -2.61. The highest BCUT2D eigenvalue weighted by Gasteiger charge is 2.07. The van der Waals surface area contributed by atoms with Gasteiger partial charge in [0.05, 0.1) is 11.0 Å². The average Bonchev–Trinajstić information content (AvgIpc) is 2.52. The van der Waals surface area contributed by atoms with Gasteiger partial charge < -0.3 is 5.32 Å². The summed E-state index contributed by atoms with van der Waals surface area (Å²) in [7, 11) is 1.95. The van der Waals surface area contributed by atoms with Crippen LogP contribution in [0.2, 0.25) is 0 Å². The van der Waals surface area contributed by atoms with E-state index in [4.69, 9.17) is 4.98 Å². The molecule has 2 heteroatoms. The highest BCUT2D eigenvalue weighted by molar-refractivity contribution is 6.13. The second-order valence-electron chi connectivity index (χ2n) is 4.97. The van der Waals surface area contributed by atoms with Crippen LogP contribution in [0.1, 0.15) is 0 Å². The first kappa shape index (κ1) is 11.2. The summed E-state index contributed by atoms with van der Waals surface area (Å²) < 4.78 is 0. The van der Waals surface area contributed by atoms with Gasteiger partial charge in [-0.3, -0.25) is 0 Å². The third kappa shape index (κ3) is 1.55. The number of aromatic nitrogens is 1. The molecule has 1 aromatic heterocycles. The minimum atomic E-state index is 1.04. The van der Waals surface area contributed by atoms with E-state index in [0.29, 0.717) is 0 Å². The zero-order valence-corrected chi connectivity index (χ0v) is 11.2. The molecule has 0 saturated carbocycles. The maximum Gasteiger partial charge on any atom is 0.0808 e. The molecular formula is C18H14N2. The summed E-state index contributed by atoms with van der Waals surface area (Å²) in [5.74, 6) is 0. The smallest absolute Gasteiger partial charge is 0.0808 e. The number of hydrogen-bond acceptors (Lipinski definition) is 2. The zero-order valence-electron chi connectivity index (χ0n) is 11.2. The third-order valence-corrected chi connectivity index (χ3v) is 3.80. The van der Waals surface area contributed by atoms with Gasteiger partial charge >= 0.3 is 0 Å². The van der Waals surface area contributed by atoms with Crippen molar-refractivity contribution in [1.82, 2.24) is 4.98 Å². The Morgan fingerprint density at radius 2 is 1.60 bits per heavy atom. The molecule has 96 valence electrons. The fourth-order valence-corrected chi connectivity index (χ4v) is 2.82. The standard InChI is InChI=1S/C18H14N2/c1-19-16-8-4-6-12-9-10-14-11-13-5-2-3-7-15(13)20-18(14)17(12)16/h2-11,19H,1H3. The first-order valence-electron chi connectivity index (χ1n) is 6.76. The molecular weight excluding hydrogens is 244 g/mol. The second kappa shape index (κ2) is 4.20. The maximum absolute atomic E-state index is 4.87. The van der Waals surface area contributed by atoms with Crippen molar-refractivity contribution >= 4 is 38.3 Å². The van der Waals surface area contributed by atoms with Crippen molar-refractivity contribution < 1.29 is 0 Å². The van der Waals surface area contributed by atoms with Crippen molar-refractivity contribution in [2.45, 2.75) is 0 Å². The van der Waals surface area contributed by atoms with Gasteiger partial charge in [0.2, 0.25) is 0 Å². The van der Waals surface area contributed by atoms with Crippen LogP contribution in [0.15, 0.2) is 60.7 Å². The molecule has 0 amide bonds. The molecule has 0 radical (unpaired) electrons. The molecule has 2 nitrogen and oxygen atoms in total. The number of pyridine rings is 1. The van der Waals surface area contributed by atoms with E-state index in [9.17, 15) is 0 Å². The summed E-state index contributed by atoms with van der Waals surface area (Å²) in [6.07, 6.45) is 0. The summed E-state index contributed by atoms with van der Waals surface area (Å²) in [4.78, 5) is 4.87. The van der Waals surface area contributed by atoms with Crippen molar-refractivity contribution in [3.8, 4) is 0 Å². The van der Waals surface area contributed by atoms with E-state index in [1.54, 1.807) is 0 Å². The first-order valence-corrected chi connectivity index (χ1v) is 6.76. The molecule has 4 aromatic rings. The van der Waals surface area contributed by atoms with Gasteiger partial charge in [-0.2, -0.15) is 0 Å². The molecule has 0 spiro atoms. The van der Waals surface area contributed by atoms with Crippen LogP contribution in [0.5, 0.6) is 0 Å². The van der Waals surface area contributed by atoms with E-state index in [1.165, 1.54) is 21.5 Å². The largest absolute Gasteiger partial charge is 0.388 e. The fourth-order valence-electron chi connectivity index (χ4n) is 2.82. The number of benzene rings is 3. The van der Waals surface area contributed by atoms with Crippen LogP contribution in [0, 0.1) is 0 Å². The Bertz CT molecular complexity index is 942. The van der Waals surface area contributed by atoms with E-state index >= 15 is 0 Å². The van der Waals surface area contributed by atoms with E-state index in [0.717, 1.165) is 16.7 Å². The molecule has 0 atom stereocenters. The quantitative estimate of drug-likeness (QED) is 0.399. The van der Waals surface area contributed by atoms with E-state index in [2.05, 4.69) is 59.9 Å². The van der Waals surface area contributed by atoms with Gasteiger partial charge in [-0.25, -0.2) is 4.98 Å². The van der Waals surface area contributed by atoms with Gasteiger partial charge in [0.15, 0.2) is 0 Å². The summed E-state index contributed by atoms with van der Waals surface area (Å²) in [5, 5.41) is 8.04. The maximum atomic E-state index is 4.87. The van der Waals surface area contributed by atoms with Crippen LogP contribution in [0.25, 0.3) is 32.6 Å². The van der Waals surface area contributed by atoms with Crippen molar-refractivity contribution in [2.75, 3.05) is 12.4 Å². The normalized spacial score (nSPS) is 11.2. The van der Waals surface area contributed by atoms with Gasteiger partial charge in [-0.05, 0) is 23.6 Å². The van der Waals surface area contributed by atoms with Crippen LogP contribution < -0.4 is 5.32 Å². The summed E-state index contributed by atoms with van der Waals surface area (Å²) >= 11 is 0. The van der Waals surface area contributed by atoms with Crippen LogP contribution in [-0.4, -0.2) is 12.0 Å². The lowest BCUT2D eigenvalue weighted by Crippen LogP contribution is -1.91. The number of nitrogens with zero attached hydrogens (tertiary/aromatic N) is 1. The van der Waals surface area contributed by atoms with Crippen molar-refractivity contribution in [3.05, 3.63) is 60.7 Å². The molecule has 0 aliphatic carbocycles. The number of fused-ring (bicyclic) bond motifs is 4. The highest BCUT2D eigenvalue weighted by atomic mass is 14.8. The van der Waals surface area contributed by atoms with Crippen LogP contribution >= 0.6 is 0 Å². The predicted molar refractivity (Wildman–Crippen MR) is 86.3 cm³/mol. The Balaban J connectivity index is 2.25. The Morgan fingerprint density at radius 3 is 2.50 bits per heavy atom. The minimum absolute atomic E-state index is 1.04. The molecule has 0 fully saturated rings. The molecule has 0 aliphatic rings. The minimum Gasteiger partial charge on any atom is -0.388 e. The van der Waals surface area contributed by atoms with Crippen molar-refractivity contribution in [2.24, 2.45) is 0 Å². The van der Waals surface area contributed by atoms with Gasteiger partial charge in [-0.1, -0.05) is 42.5 Å². The van der Waals surface area contributed by atoms with Gasteiger partial charge in [-0.15, -0.1) is 0 Å². The van der Waals surface area contributed by atoms with E-state index in [1.807, 2.05) is 13.1 Å². The number of para-hydroxylation sites is 1. The van der Waals surface area contributed by atoms with E-state index < -0.39 is 0 Å². The molecule has 0 unspecified atom stereocenters. The molecule has 0 aliphatic heterocycles. The Morgan fingerprint density at radius 1 is 0.800 bits per heavy atom. The predicted octanol–water partition coefficient (Wildman–Crippen LogP) is 4.58. The summed E-state index contributed by atoms with van der Waals surface area (Å²) in [6, 6.07) is 21.1. The Labute approximate surface area is 117 Å². The topological polar surface area (TPSA) is 24.9 Å². The lowest BCUT2D eigenvalue weighted by atomic mass is 10.0. The summed E-state index contributed by atoms with van der Waals surface area (Å²) in [5.41, 5.74) is 3.22. The molecule has 0 bridgehead atoms. The van der Waals surface area contributed by atoms with Crippen molar-refractivity contribution in [1.29, 1.82) is 0 Å². The summed E-state index contributed by atoms with van der Waals surface area (Å²) in [6.45, 7) is 0. The van der Waals surface area contributed by atoms with Gasteiger partial charge in [0.1, 0.15) is 0 Å². The number of anilines is 1. The molecule has 0 saturated heterocycles. The number of nitrogens with one attached hydrogen (secondary N) is 1. The fraction of sp³-hybridized carbons (Fsp3) is 0.0556.